The van der Waals surface area contributed by atoms with E-state index in [-0.39, 0.29) is 35.9 Å². The maximum Gasteiger partial charge on any atom is 0.309 e. The van der Waals surface area contributed by atoms with Gasteiger partial charge >= 0.3 is 5.97 Å². The molecular formula is C16H29IN6O2. The molecule has 1 N–H and O–H groups in total. The number of aryl methyl sites for hydroxylation is 1. The van der Waals surface area contributed by atoms with Crippen molar-refractivity contribution in [2.75, 3.05) is 33.3 Å². The van der Waals surface area contributed by atoms with E-state index in [2.05, 4.69) is 25.4 Å². The SMILES string of the molecule is CCOC(=O)C1CCN(C(=NC)NCCCCn2cnnc2)CC1.I. The van der Waals surface area contributed by atoms with Crippen LogP contribution in [0.15, 0.2) is 17.6 Å². The molecule has 0 spiro atoms. The zero-order valence-electron chi connectivity index (χ0n) is 15.1. The molecule has 1 aromatic rings. The van der Waals surface area contributed by atoms with Gasteiger partial charge in [-0.15, -0.1) is 34.2 Å². The van der Waals surface area contributed by atoms with Crippen molar-refractivity contribution in [1.82, 2.24) is 25.0 Å². The Labute approximate surface area is 166 Å². The first kappa shape index (κ1) is 21.7. The number of aliphatic imine (C=N–C) groups is 1. The average Bonchev–Trinajstić information content (AvgIpc) is 3.12. The van der Waals surface area contributed by atoms with E-state index in [1.54, 1.807) is 19.7 Å². The van der Waals surface area contributed by atoms with Gasteiger partial charge in [0.2, 0.25) is 0 Å². The number of hydrogen-bond donors (Lipinski definition) is 1. The lowest BCUT2D eigenvalue weighted by molar-refractivity contribution is -0.149. The number of ether oxygens (including phenoxy) is 1. The molecule has 25 heavy (non-hydrogen) atoms. The number of rotatable bonds is 7. The Morgan fingerprint density at radius 2 is 1.96 bits per heavy atom. The smallest absolute Gasteiger partial charge is 0.309 e. The standard InChI is InChI=1S/C16H28N6O2.HI/c1-3-24-15(23)14-6-10-22(11-7-14)16(17-2)18-8-4-5-9-21-12-19-20-13-21;/h12-14H,3-11H2,1-2H3,(H,17,18);1H. The second-order valence-corrected chi connectivity index (χ2v) is 5.89. The summed E-state index contributed by atoms with van der Waals surface area (Å²) in [4.78, 5) is 18.4. The molecule has 0 unspecified atom stereocenters. The fourth-order valence-corrected chi connectivity index (χ4v) is 2.88. The van der Waals surface area contributed by atoms with Crippen molar-refractivity contribution < 1.29 is 9.53 Å². The fourth-order valence-electron chi connectivity index (χ4n) is 2.88. The summed E-state index contributed by atoms with van der Waals surface area (Å²) in [5, 5.41) is 11.0. The second kappa shape index (κ2) is 12.0. The third-order valence-electron chi connectivity index (χ3n) is 4.22. The highest BCUT2D eigenvalue weighted by Gasteiger charge is 2.27. The Morgan fingerprint density at radius 3 is 2.56 bits per heavy atom. The predicted octanol–water partition coefficient (Wildman–Crippen LogP) is 1.53. The molecule has 0 radical (unpaired) electrons. The Bertz CT molecular complexity index is 515. The van der Waals surface area contributed by atoms with Crippen LogP contribution in [-0.2, 0) is 16.1 Å². The third kappa shape index (κ3) is 7.17. The van der Waals surface area contributed by atoms with Crippen molar-refractivity contribution in [2.24, 2.45) is 10.9 Å². The maximum atomic E-state index is 11.8. The number of carbonyl (C=O) groups excluding carboxylic acids is 1. The molecule has 9 heteroatoms. The first-order chi connectivity index (χ1) is 11.7. The normalized spacial score (nSPS) is 15.6. The van der Waals surface area contributed by atoms with Gasteiger partial charge in [-0.25, -0.2) is 0 Å². The van der Waals surface area contributed by atoms with Gasteiger partial charge in [0.05, 0.1) is 12.5 Å². The van der Waals surface area contributed by atoms with Crippen LogP contribution in [0.2, 0.25) is 0 Å². The van der Waals surface area contributed by atoms with Crippen LogP contribution in [0.4, 0.5) is 0 Å². The fraction of sp³-hybridized carbons (Fsp3) is 0.750. The second-order valence-electron chi connectivity index (χ2n) is 5.89. The minimum atomic E-state index is -0.0610. The minimum Gasteiger partial charge on any atom is -0.466 e. The molecule has 0 atom stereocenters. The Morgan fingerprint density at radius 1 is 1.28 bits per heavy atom. The van der Waals surface area contributed by atoms with Crippen LogP contribution < -0.4 is 5.32 Å². The van der Waals surface area contributed by atoms with Gasteiger partial charge in [-0.3, -0.25) is 9.79 Å². The molecule has 1 aliphatic heterocycles. The van der Waals surface area contributed by atoms with Crippen molar-refractivity contribution in [3.8, 4) is 0 Å². The molecular weight excluding hydrogens is 435 g/mol. The van der Waals surface area contributed by atoms with Crippen molar-refractivity contribution in [3.63, 3.8) is 0 Å². The molecule has 2 rings (SSSR count). The van der Waals surface area contributed by atoms with Gasteiger partial charge < -0.3 is 19.5 Å². The van der Waals surface area contributed by atoms with E-state index in [9.17, 15) is 4.79 Å². The maximum absolute atomic E-state index is 11.8. The molecule has 0 aliphatic carbocycles. The first-order valence-corrected chi connectivity index (χ1v) is 8.69. The number of nitrogens with one attached hydrogen (secondary N) is 1. The number of guanidine groups is 1. The van der Waals surface area contributed by atoms with Gasteiger partial charge in [-0.1, -0.05) is 0 Å². The summed E-state index contributed by atoms with van der Waals surface area (Å²) in [5.74, 6) is 0.888. The first-order valence-electron chi connectivity index (χ1n) is 8.69. The van der Waals surface area contributed by atoms with E-state index < -0.39 is 0 Å². The molecule has 8 nitrogen and oxygen atoms in total. The number of nitrogens with zero attached hydrogens (tertiary/aromatic N) is 5. The lowest BCUT2D eigenvalue weighted by Crippen LogP contribution is -2.46. The molecule has 0 aromatic carbocycles. The minimum absolute atomic E-state index is 0. The zero-order chi connectivity index (χ0) is 17.2. The summed E-state index contributed by atoms with van der Waals surface area (Å²) in [7, 11) is 1.80. The largest absolute Gasteiger partial charge is 0.466 e. The number of piperidine rings is 1. The number of hydrogen-bond acceptors (Lipinski definition) is 5. The van der Waals surface area contributed by atoms with Gasteiger partial charge in [0, 0.05) is 33.2 Å². The van der Waals surface area contributed by atoms with Gasteiger partial charge in [-0.2, -0.15) is 0 Å². The molecule has 0 amide bonds. The van der Waals surface area contributed by atoms with Crippen LogP contribution in [0.1, 0.15) is 32.6 Å². The van der Waals surface area contributed by atoms with E-state index in [0.717, 1.165) is 57.8 Å². The molecule has 0 saturated carbocycles. The highest BCUT2D eigenvalue weighted by molar-refractivity contribution is 14.0. The van der Waals surface area contributed by atoms with Crippen molar-refractivity contribution in [2.45, 2.75) is 39.2 Å². The van der Waals surface area contributed by atoms with Crippen molar-refractivity contribution in [3.05, 3.63) is 12.7 Å². The number of likely N-dealkylation sites (tertiary alicyclic amines) is 1. The van der Waals surface area contributed by atoms with Gasteiger partial charge in [0.25, 0.3) is 0 Å². The molecule has 0 bridgehead atoms. The van der Waals surface area contributed by atoms with Gasteiger partial charge in [0.15, 0.2) is 5.96 Å². The molecule has 142 valence electrons. The van der Waals surface area contributed by atoms with E-state index in [4.69, 9.17) is 4.74 Å². The number of unbranched alkanes of at least 4 members (excludes halogenated alkanes) is 1. The highest BCUT2D eigenvalue weighted by Crippen LogP contribution is 2.18. The summed E-state index contributed by atoms with van der Waals surface area (Å²) in [6, 6.07) is 0. The van der Waals surface area contributed by atoms with Crippen LogP contribution in [0, 0.1) is 5.92 Å². The van der Waals surface area contributed by atoms with E-state index in [1.165, 1.54) is 0 Å². The number of halogens is 1. The molecule has 1 aliphatic rings. The Kier molecular flexibility index (Phi) is 10.4. The van der Waals surface area contributed by atoms with E-state index in [1.807, 2.05) is 11.5 Å². The average molecular weight is 464 g/mol. The van der Waals surface area contributed by atoms with Crippen LogP contribution >= 0.6 is 24.0 Å². The summed E-state index contributed by atoms with van der Waals surface area (Å²) in [6.45, 7) is 5.79. The number of carbonyl (C=O) groups is 1. The number of esters is 1. The monoisotopic (exact) mass is 464 g/mol. The summed E-state index contributed by atoms with van der Waals surface area (Å²) in [5.41, 5.74) is 0. The molecule has 1 fully saturated rings. The van der Waals surface area contributed by atoms with E-state index >= 15 is 0 Å². The van der Waals surface area contributed by atoms with Crippen LogP contribution in [0.5, 0.6) is 0 Å². The van der Waals surface area contributed by atoms with E-state index in [0.29, 0.717) is 6.61 Å². The summed E-state index contributed by atoms with van der Waals surface area (Å²) >= 11 is 0. The lowest BCUT2D eigenvalue weighted by Gasteiger charge is -2.33. The van der Waals surface area contributed by atoms with Crippen LogP contribution in [0.3, 0.4) is 0 Å². The molecule has 1 saturated heterocycles. The van der Waals surface area contributed by atoms with Crippen molar-refractivity contribution in [1.29, 1.82) is 0 Å². The Hall–Kier alpha value is -1.39. The lowest BCUT2D eigenvalue weighted by atomic mass is 9.97. The quantitative estimate of drug-likeness (QED) is 0.217. The highest BCUT2D eigenvalue weighted by atomic mass is 127. The van der Waals surface area contributed by atoms with Crippen LogP contribution in [0.25, 0.3) is 0 Å². The number of aromatic nitrogens is 3. The third-order valence-corrected chi connectivity index (χ3v) is 4.22. The van der Waals surface area contributed by atoms with Crippen LogP contribution in [-0.4, -0.2) is 64.9 Å². The predicted molar refractivity (Wildman–Crippen MR) is 107 cm³/mol. The molecule has 2 heterocycles. The van der Waals surface area contributed by atoms with Crippen molar-refractivity contribution >= 4 is 35.9 Å². The summed E-state index contributed by atoms with van der Waals surface area (Å²) in [6.07, 6.45) is 7.24. The zero-order valence-corrected chi connectivity index (χ0v) is 17.4. The summed E-state index contributed by atoms with van der Waals surface area (Å²) < 4.78 is 7.09. The van der Waals surface area contributed by atoms with Gasteiger partial charge in [0.1, 0.15) is 12.7 Å². The van der Waals surface area contributed by atoms with Gasteiger partial charge in [-0.05, 0) is 32.6 Å². The Balaban J connectivity index is 0.00000312. The topological polar surface area (TPSA) is 84.6 Å². The molecule has 1 aromatic heterocycles.